The molecule has 2 heterocycles. The Hall–Kier alpha value is -0.720. The minimum Gasteiger partial charge on any atom is -1.00 e. The summed E-state index contributed by atoms with van der Waals surface area (Å²) < 4.78 is 4.79. The molecule has 0 aliphatic rings. The first-order chi connectivity index (χ1) is 6.25. The normalized spacial score (nSPS) is 8.93. The van der Waals surface area contributed by atoms with E-state index in [2.05, 4.69) is 20.9 Å². The monoisotopic (exact) mass is 335 g/mol. The molecule has 0 radical (unpaired) electrons. The van der Waals surface area contributed by atoms with Gasteiger partial charge in [-0.05, 0) is 22.0 Å². The number of nitrogens with zero attached hydrogens (tertiary/aromatic N) is 3. The average molecular weight is 337 g/mol. The third kappa shape index (κ3) is 3.40. The molecule has 0 aromatic carbocycles. The van der Waals surface area contributed by atoms with Crippen LogP contribution in [0.1, 0.15) is 0 Å². The molecular formula is C9H11Br2N3O. The number of halogens is 2. The molecule has 0 fully saturated rings. The van der Waals surface area contributed by atoms with Crippen molar-refractivity contribution >= 4 is 15.9 Å². The van der Waals surface area contributed by atoms with Crippen molar-refractivity contribution in [2.24, 2.45) is 7.05 Å². The quantitative estimate of drug-likeness (QED) is 0.424. The highest BCUT2D eigenvalue weighted by atomic mass is 79.9. The molecule has 0 bridgehead atoms. The molecule has 0 aliphatic carbocycles. The summed E-state index contributed by atoms with van der Waals surface area (Å²) >= 11 is 3.33. The Bertz CT molecular complexity index is 431. The molecule has 82 valence electrons. The summed E-state index contributed by atoms with van der Waals surface area (Å²) in [6.45, 7) is 0. The maximum Gasteiger partial charge on any atom is 0.250 e. The minimum atomic E-state index is 0. The van der Waals surface area contributed by atoms with Crippen LogP contribution in [0.5, 0.6) is 0 Å². The fraction of sp³-hybridized carbons (Fsp3) is 0.111. The molecule has 0 saturated carbocycles. The molecule has 0 saturated heterocycles. The van der Waals surface area contributed by atoms with Crippen molar-refractivity contribution in [3.63, 3.8) is 0 Å². The topological polar surface area (TPSA) is 53.2 Å². The van der Waals surface area contributed by atoms with E-state index < -0.39 is 0 Å². The Balaban J connectivity index is 0.000000980. The van der Waals surface area contributed by atoms with Gasteiger partial charge in [-0.2, -0.15) is 4.57 Å². The van der Waals surface area contributed by atoms with Gasteiger partial charge in [-0.1, -0.05) is 6.07 Å². The molecule has 15 heavy (non-hydrogen) atoms. The van der Waals surface area contributed by atoms with Crippen LogP contribution < -0.4 is 21.5 Å². The zero-order valence-electron chi connectivity index (χ0n) is 8.06. The van der Waals surface area contributed by atoms with Gasteiger partial charge in [0.05, 0.1) is 7.05 Å². The van der Waals surface area contributed by atoms with Gasteiger partial charge in [-0.25, -0.2) is 9.55 Å². The summed E-state index contributed by atoms with van der Waals surface area (Å²) in [5.41, 5.74) is 0. The molecule has 4 nitrogen and oxygen atoms in total. The van der Waals surface area contributed by atoms with E-state index in [9.17, 15) is 0 Å². The summed E-state index contributed by atoms with van der Waals surface area (Å²) in [7, 11) is 1.98. The first kappa shape index (κ1) is 14.3. The smallest absolute Gasteiger partial charge is 0.250 e. The molecule has 0 amide bonds. The van der Waals surface area contributed by atoms with Gasteiger partial charge in [0.25, 0.3) is 0 Å². The maximum absolute atomic E-state index is 4.32. The summed E-state index contributed by atoms with van der Waals surface area (Å²) in [6.07, 6.45) is 5.91. The van der Waals surface area contributed by atoms with Crippen molar-refractivity contribution in [1.29, 1.82) is 0 Å². The predicted molar refractivity (Wildman–Crippen MR) is 56.1 cm³/mol. The first-order valence-electron chi connectivity index (χ1n) is 3.92. The van der Waals surface area contributed by atoms with Gasteiger partial charge in [0, 0.05) is 6.07 Å². The molecule has 0 aliphatic heterocycles. The van der Waals surface area contributed by atoms with Crippen molar-refractivity contribution in [3.8, 4) is 5.82 Å². The van der Waals surface area contributed by atoms with E-state index in [1.165, 1.54) is 0 Å². The summed E-state index contributed by atoms with van der Waals surface area (Å²) in [5, 5.41) is 0. The summed E-state index contributed by atoms with van der Waals surface area (Å²) in [6, 6.07) is 5.84. The largest absolute Gasteiger partial charge is 1.00 e. The highest BCUT2D eigenvalue weighted by molar-refractivity contribution is 9.10. The summed E-state index contributed by atoms with van der Waals surface area (Å²) in [5.74, 6) is 0.912. The Morgan fingerprint density at radius 3 is 2.67 bits per heavy atom. The Kier molecular flexibility index (Phi) is 5.71. The number of aromatic nitrogens is 3. The second-order valence-corrected chi connectivity index (χ2v) is 3.62. The van der Waals surface area contributed by atoms with Crippen molar-refractivity contribution in [3.05, 3.63) is 41.5 Å². The van der Waals surface area contributed by atoms with E-state index in [0.29, 0.717) is 0 Å². The van der Waals surface area contributed by atoms with Crippen LogP contribution in [0.4, 0.5) is 0 Å². The van der Waals surface area contributed by atoms with Crippen LogP contribution in [0, 0.1) is 0 Å². The SMILES string of the molecule is C[n+]1ccn(-c2cccc(Br)n2)c1.O.[Br-]. The third-order valence-electron chi connectivity index (χ3n) is 1.73. The van der Waals surface area contributed by atoms with Gasteiger partial charge in [0.15, 0.2) is 0 Å². The van der Waals surface area contributed by atoms with E-state index >= 15 is 0 Å². The van der Waals surface area contributed by atoms with Crippen molar-refractivity contribution in [2.45, 2.75) is 0 Å². The van der Waals surface area contributed by atoms with Gasteiger partial charge in [-0.3, -0.25) is 0 Å². The third-order valence-corrected chi connectivity index (χ3v) is 2.18. The minimum absolute atomic E-state index is 0. The molecule has 6 heteroatoms. The lowest BCUT2D eigenvalue weighted by molar-refractivity contribution is -0.670. The number of imidazole rings is 1. The van der Waals surface area contributed by atoms with Crippen LogP contribution in [-0.2, 0) is 7.05 Å². The average Bonchev–Trinajstić information content (AvgIpc) is 2.52. The predicted octanol–water partition coefficient (Wildman–Crippen LogP) is -2.36. The van der Waals surface area contributed by atoms with E-state index in [0.717, 1.165) is 10.4 Å². The molecule has 2 aromatic rings. The Morgan fingerprint density at radius 2 is 2.13 bits per heavy atom. The Morgan fingerprint density at radius 1 is 1.40 bits per heavy atom. The second-order valence-electron chi connectivity index (χ2n) is 2.80. The van der Waals surface area contributed by atoms with E-state index in [-0.39, 0.29) is 22.5 Å². The lowest BCUT2D eigenvalue weighted by atomic mass is 10.5. The zero-order chi connectivity index (χ0) is 9.26. The van der Waals surface area contributed by atoms with Crippen LogP contribution in [0.2, 0.25) is 0 Å². The molecule has 2 rings (SSSR count). The fourth-order valence-corrected chi connectivity index (χ4v) is 1.46. The lowest BCUT2D eigenvalue weighted by Gasteiger charge is -1.93. The van der Waals surface area contributed by atoms with Gasteiger partial charge in [-0.15, -0.1) is 0 Å². The van der Waals surface area contributed by atoms with Gasteiger partial charge in [0.1, 0.15) is 17.0 Å². The summed E-state index contributed by atoms with van der Waals surface area (Å²) in [4.78, 5) is 4.32. The molecule has 2 aromatic heterocycles. The molecule has 0 spiro atoms. The number of hydrogen-bond donors (Lipinski definition) is 0. The Labute approximate surface area is 107 Å². The van der Waals surface area contributed by atoms with E-state index in [1.807, 2.05) is 53.1 Å². The number of rotatable bonds is 1. The van der Waals surface area contributed by atoms with Crippen LogP contribution in [0.3, 0.4) is 0 Å². The lowest BCUT2D eigenvalue weighted by Crippen LogP contribution is -3.00. The highest BCUT2D eigenvalue weighted by Crippen LogP contribution is 2.08. The fourth-order valence-electron chi connectivity index (χ4n) is 1.13. The zero-order valence-corrected chi connectivity index (χ0v) is 11.2. The van der Waals surface area contributed by atoms with Crippen LogP contribution in [0.15, 0.2) is 41.5 Å². The molecule has 0 unspecified atom stereocenters. The van der Waals surface area contributed by atoms with Crippen molar-refractivity contribution in [1.82, 2.24) is 9.55 Å². The van der Waals surface area contributed by atoms with Gasteiger partial charge < -0.3 is 22.5 Å². The van der Waals surface area contributed by atoms with Crippen LogP contribution >= 0.6 is 15.9 Å². The number of hydrogen-bond acceptors (Lipinski definition) is 1. The first-order valence-corrected chi connectivity index (χ1v) is 4.71. The van der Waals surface area contributed by atoms with E-state index in [1.54, 1.807) is 0 Å². The molecular weight excluding hydrogens is 326 g/mol. The van der Waals surface area contributed by atoms with Crippen molar-refractivity contribution in [2.75, 3.05) is 0 Å². The second kappa shape index (κ2) is 5.99. The molecule has 2 N–H and O–H groups in total. The molecule has 0 atom stereocenters. The van der Waals surface area contributed by atoms with Crippen LogP contribution in [0.25, 0.3) is 5.82 Å². The van der Waals surface area contributed by atoms with Crippen LogP contribution in [-0.4, -0.2) is 15.0 Å². The standard InChI is InChI=1S/C9H9BrN3.BrH.H2O/c1-12-5-6-13(7-12)9-4-2-3-8(10)11-9;;/h2-7H,1H3;1H;1H2/q+1;;/p-1. The van der Waals surface area contributed by atoms with Gasteiger partial charge >= 0.3 is 0 Å². The van der Waals surface area contributed by atoms with Gasteiger partial charge in [0.2, 0.25) is 12.1 Å². The maximum atomic E-state index is 4.32. The highest BCUT2D eigenvalue weighted by Gasteiger charge is 2.04. The van der Waals surface area contributed by atoms with E-state index in [4.69, 9.17) is 0 Å². The number of aryl methyl sites for hydroxylation is 1. The van der Waals surface area contributed by atoms with Crippen molar-refractivity contribution < 1.29 is 27.0 Å². The number of pyridine rings is 1.